The van der Waals surface area contributed by atoms with Gasteiger partial charge < -0.3 is 5.32 Å². The number of halogens is 1. The van der Waals surface area contributed by atoms with Crippen LogP contribution in [0.5, 0.6) is 0 Å². The molecule has 5 nitrogen and oxygen atoms in total. The van der Waals surface area contributed by atoms with E-state index in [-0.39, 0.29) is 18.2 Å². The van der Waals surface area contributed by atoms with Crippen LogP contribution >= 0.6 is 11.6 Å². The van der Waals surface area contributed by atoms with Gasteiger partial charge in [0.05, 0.1) is 23.7 Å². The van der Waals surface area contributed by atoms with Gasteiger partial charge in [0, 0.05) is 23.5 Å². The van der Waals surface area contributed by atoms with Gasteiger partial charge in [-0.2, -0.15) is 0 Å². The fourth-order valence-electron chi connectivity index (χ4n) is 3.39. The van der Waals surface area contributed by atoms with Gasteiger partial charge in [-0.25, -0.2) is 0 Å². The largest absolute Gasteiger partial charge is 0.352 e. The molecular formula is C22H18ClN3O2. The predicted octanol–water partition coefficient (Wildman–Crippen LogP) is 4.14. The van der Waals surface area contributed by atoms with Crippen molar-refractivity contribution in [2.75, 3.05) is 4.90 Å². The van der Waals surface area contributed by atoms with Crippen LogP contribution in [0.2, 0.25) is 5.02 Å². The van der Waals surface area contributed by atoms with Gasteiger partial charge in [0.1, 0.15) is 0 Å². The van der Waals surface area contributed by atoms with E-state index in [0.717, 1.165) is 5.56 Å². The van der Waals surface area contributed by atoms with Gasteiger partial charge in [0.15, 0.2) is 0 Å². The highest BCUT2D eigenvalue weighted by Gasteiger charge is 2.39. The Bertz CT molecular complexity index is 1010. The summed E-state index contributed by atoms with van der Waals surface area (Å²) in [4.78, 5) is 31.6. The van der Waals surface area contributed by atoms with E-state index in [9.17, 15) is 9.59 Å². The summed E-state index contributed by atoms with van der Waals surface area (Å²) >= 11 is 5.98. The van der Waals surface area contributed by atoms with Crippen molar-refractivity contribution in [1.82, 2.24) is 10.3 Å². The van der Waals surface area contributed by atoms with Crippen molar-refractivity contribution in [3.63, 3.8) is 0 Å². The first kappa shape index (κ1) is 18.2. The summed E-state index contributed by atoms with van der Waals surface area (Å²) in [6, 6.07) is 19.7. The Balaban J connectivity index is 1.57. The SMILES string of the molecule is O=C(C[C@H]1c2ncccc2C(=O)N1c1ccc(Cl)cc1)NCc1ccccc1. The molecule has 2 amide bonds. The third-order valence-electron chi connectivity index (χ3n) is 4.73. The number of pyridine rings is 1. The number of nitrogens with one attached hydrogen (secondary N) is 1. The maximum absolute atomic E-state index is 13.0. The molecule has 6 heteroatoms. The number of benzene rings is 2. The molecule has 140 valence electrons. The van der Waals surface area contributed by atoms with E-state index in [4.69, 9.17) is 11.6 Å². The topological polar surface area (TPSA) is 62.3 Å². The molecule has 4 rings (SSSR count). The molecular weight excluding hydrogens is 374 g/mol. The minimum absolute atomic E-state index is 0.130. The number of anilines is 1. The highest BCUT2D eigenvalue weighted by atomic mass is 35.5. The fraction of sp³-hybridized carbons (Fsp3) is 0.136. The molecule has 1 aromatic heterocycles. The maximum Gasteiger partial charge on any atom is 0.260 e. The van der Waals surface area contributed by atoms with E-state index in [1.54, 1.807) is 47.5 Å². The average molecular weight is 392 g/mol. The minimum Gasteiger partial charge on any atom is -0.352 e. The van der Waals surface area contributed by atoms with Crippen LogP contribution in [-0.2, 0) is 11.3 Å². The van der Waals surface area contributed by atoms with Crippen LogP contribution in [-0.4, -0.2) is 16.8 Å². The van der Waals surface area contributed by atoms with E-state index in [0.29, 0.717) is 28.5 Å². The Kier molecular flexibility index (Phi) is 5.08. The quantitative estimate of drug-likeness (QED) is 0.710. The molecule has 1 atom stereocenters. The number of amides is 2. The third kappa shape index (κ3) is 3.62. The zero-order chi connectivity index (χ0) is 19.5. The van der Waals surface area contributed by atoms with Gasteiger partial charge in [0.2, 0.25) is 5.91 Å². The third-order valence-corrected chi connectivity index (χ3v) is 4.98. The summed E-state index contributed by atoms with van der Waals surface area (Å²) in [5.41, 5.74) is 2.86. The molecule has 0 saturated heterocycles. The van der Waals surface area contributed by atoms with Crippen LogP contribution < -0.4 is 10.2 Å². The molecule has 1 aliphatic rings. The zero-order valence-electron chi connectivity index (χ0n) is 15.0. The predicted molar refractivity (Wildman–Crippen MR) is 108 cm³/mol. The molecule has 0 aliphatic carbocycles. The number of nitrogens with zero attached hydrogens (tertiary/aromatic N) is 2. The minimum atomic E-state index is -0.458. The van der Waals surface area contributed by atoms with Crippen molar-refractivity contribution in [2.24, 2.45) is 0 Å². The number of carbonyl (C=O) groups is 2. The van der Waals surface area contributed by atoms with Crippen LogP contribution in [0.15, 0.2) is 72.9 Å². The van der Waals surface area contributed by atoms with Gasteiger partial charge in [-0.15, -0.1) is 0 Å². The summed E-state index contributed by atoms with van der Waals surface area (Å²) in [6.07, 6.45) is 1.78. The van der Waals surface area contributed by atoms with E-state index < -0.39 is 6.04 Å². The molecule has 0 bridgehead atoms. The van der Waals surface area contributed by atoms with Gasteiger partial charge >= 0.3 is 0 Å². The van der Waals surface area contributed by atoms with Gasteiger partial charge in [-0.3, -0.25) is 19.5 Å². The first-order valence-electron chi connectivity index (χ1n) is 8.98. The molecule has 28 heavy (non-hydrogen) atoms. The van der Waals surface area contributed by atoms with Crippen molar-refractivity contribution in [3.05, 3.63) is 94.8 Å². The highest BCUT2D eigenvalue weighted by molar-refractivity contribution is 6.30. The second kappa shape index (κ2) is 7.82. The van der Waals surface area contributed by atoms with E-state index >= 15 is 0 Å². The number of hydrogen-bond donors (Lipinski definition) is 1. The average Bonchev–Trinajstić information content (AvgIpc) is 3.00. The fourth-order valence-corrected chi connectivity index (χ4v) is 3.51. The highest BCUT2D eigenvalue weighted by Crippen LogP contribution is 2.38. The Labute approximate surface area is 168 Å². The standard InChI is InChI=1S/C22H18ClN3O2/c23-16-8-10-17(11-9-16)26-19(21-18(22(26)28)7-4-12-24-21)13-20(27)25-14-15-5-2-1-3-6-15/h1-12,19H,13-14H2,(H,25,27)/t19-/m0/s1. The van der Waals surface area contributed by atoms with Crippen molar-refractivity contribution >= 4 is 29.1 Å². The van der Waals surface area contributed by atoms with Crippen molar-refractivity contribution in [1.29, 1.82) is 0 Å². The number of aromatic nitrogens is 1. The molecule has 0 spiro atoms. The van der Waals surface area contributed by atoms with E-state index in [1.807, 2.05) is 30.3 Å². The molecule has 3 aromatic rings. The molecule has 1 aliphatic heterocycles. The molecule has 2 heterocycles. The monoisotopic (exact) mass is 391 g/mol. The summed E-state index contributed by atoms with van der Waals surface area (Å²) in [5, 5.41) is 3.51. The molecule has 0 unspecified atom stereocenters. The van der Waals surface area contributed by atoms with Crippen LogP contribution in [0.1, 0.15) is 34.1 Å². The second-order valence-electron chi connectivity index (χ2n) is 6.57. The van der Waals surface area contributed by atoms with Crippen LogP contribution in [0.25, 0.3) is 0 Å². The molecule has 2 aromatic carbocycles. The molecule has 0 radical (unpaired) electrons. The Morgan fingerprint density at radius 1 is 1.04 bits per heavy atom. The molecule has 1 N–H and O–H groups in total. The smallest absolute Gasteiger partial charge is 0.260 e. The van der Waals surface area contributed by atoms with Crippen LogP contribution in [0, 0.1) is 0 Å². The van der Waals surface area contributed by atoms with Gasteiger partial charge in [-0.1, -0.05) is 41.9 Å². The van der Waals surface area contributed by atoms with E-state index in [1.165, 1.54) is 0 Å². The lowest BCUT2D eigenvalue weighted by Gasteiger charge is -2.24. The second-order valence-corrected chi connectivity index (χ2v) is 7.01. The summed E-state index contributed by atoms with van der Waals surface area (Å²) in [6.45, 7) is 0.441. The van der Waals surface area contributed by atoms with Crippen LogP contribution in [0.4, 0.5) is 5.69 Å². The number of carbonyl (C=O) groups excluding carboxylic acids is 2. The summed E-state index contributed by atoms with van der Waals surface area (Å²) in [7, 11) is 0. The zero-order valence-corrected chi connectivity index (χ0v) is 15.8. The van der Waals surface area contributed by atoms with Gasteiger partial charge in [0.25, 0.3) is 5.91 Å². The first-order valence-corrected chi connectivity index (χ1v) is 9.36. The maximum atomic E-state index is 13.0. The van der Waals surface area contributed by atoms with Gasteiger partial charge in [-0.05, 0) is 42.0 Å². The lowest BCUT2D eigenvalue weighted by molar-refractivity contribution is -0.121. The Morgan fingerprint density at radius 2 is 1.79 bits per heavy atom. The normalized spacial score (nSPS) is 15.4. The Morgan fingerprint density at radius 3 is 2.54 bits per heavy atom. The molecule has 0 fully saturated rings. The van der Waals surface area contributed by atoms with E-state index in [2.05, 4.69) is 10.3 Å². The number of hydrogen-bond acceptors (Lipinski definition) is 3. The lowest BCUT2D eigenvalue weighted by Crippen LogP contribution is -2.32. The summed E-state index contributed by atoms with van der Waals surface area (Å²) < 4.78 is 0. The number of fused-ring (bicyclic) bond motifs is 1. The molecule has 0 saturated carbocycles. The van der Waals surface area contributed by atoms with Crippen molar-refractivity contribution in [2.45, 2.75) is 19.0 Å². The van der Waals surface area contributed by atoms with Crippen molar-refractivity contribution < 1.29 is 9.59 Å². The Hall–Kier alpha value is -3.18. The summed E-state index contributed by atoms with van der Waals surface area (Å²) in [5.74, 6) is -0.301. The van der Waals surface area contributed by atoms with Crippen LogP contribution in [0.3, 0.4) is 0 Å². The number of rotatable bonds is 5. The lowest BCUT2D eigenvalue weighted by atomic mass is 10.1. The van der Waals surface area contributed by atoms with Crippen molar-refractivity contribution in [3.8, 4) is 0 Å². The first-order chi connectivity index (χ1) is 13.6.